The van der Waals surface area contributed by atoms with Crippen molar-refractivity contribution in [1.29, 1.82) is 0 Å². The first-order valence-corrected chi connectivity index (χ1v) is 12.1. The first kappa shape index (κ1) is 23.1. The molecule has 8 nitrogen and oxygen atoms in total. The molecule has 3 N–H and O–H groups in total. The number of ether oxygens (including phenoxy) is 1. The minimum atomic E-state index is -0.652. The summed E-state index contributed by atoms with van der Waals surface area (Å²) in [7, 11) is 1.59. The number of amides is 2. The van der Waals surface area contributed by atoms with Crippen LogP contribution in [0.2, 0.25) is 0 Å². The van der Waals surface area contributed by atoms with Gasteiger partial charge in [0.1, 0.15) is 11.8 Å². The third-order valence-corrected chi connectivity index (χ3v) is 7.18. The summed E-state index contributed by atoms with van der Waals surface area (Å²) in [5.74, 6) is 0.353. The van der Waals surface area contributed by atoms with Gasteiger partial charge >= 0.3 is 0 Å². The van der Waals surface area contributed by atoms with Gasteiger partial charge in [-0.25, -0.2) is 4.98 Å². The maximum Gasteiger partial charge on any atom is 0.251 e. The number of carbonyl (C=O) groups excluding carboxylic acids is 2. The van der Waals surface area contributed by atoms with Crippen molar-refractivity contribution in [2.45, 2.75) is 37.3 Å². The SMILES string of the molecule is COc1ccc(C(=O)N[C@H](Cc2ccccc2)C(=O)N2CCC3(CC2)NCCc2[nH]cnc23)cc1. The fraction of sp³-hybridized carbons (Fsp3) is 0.370. The molecule has 3 heterocycles. The number of aromatic amines is 1. The van der Waals surface area contributed by atoms with Gasteiger partial charge in [0.15, 0.2) is 0 Å². The molecule has 0 unspecified atom stereocenters. The molecule has 0 aliphatic carbocycles. The van der Waals surface area contributed by atoms with E-state index in [2.05, 4.69) is 20.6 Å². The molecule has 1 fully saturated rings. The number of hydrogen-bond donors (Lipinski definition) is 3. The minimum absolute atomic E-state index is 0.0522. The molecule has 2 aliphatic heterocycles. The van der Waals surface area contributed by atoms with E-state index in [1.165, 1.54) is 5.69 Å². The number of carbonyl (C=O) groups is 2. The quantitative estimate of drug-likeness (QED) is 0.511. The number of benzene rings is 2. The summed E-state index contributed by atoms with van der Waals surface area (Å²) in [6.07, 6.45) is 4.73. The second-order valence-corrected chi connectivity index (χ2v) is 9.26. The van der Waals surface area contributed by atoms with Crippen molar-refractivity contribution >= 4 is 11.8 Å². The zero-order valence-corrected chi connectivity index (χ0v) is 19.9. The molecule has 0 saturated carbocycles. The van der Waals surface area contributed by atoms with Crippen molar-refractivity contribution in [3.63, 3.8) is 0 Å². The molecule has 5 rings (SSSR count). The number of H-pyrrole nitrogens is 1. The molecule has 1 spiro atoms. The Bertz CT molecular complexity index is 1170. The highest BCUT2D eigenvalue weighted by Crippen LogP contribution is 2.36. The molecule has 1 atom stereocenters. The summed E-state index contributed by atoms with van der Waals surface area (Å²) in [6.45, 7) is 2.13. The second-order valence-electron chi connectivity index (χ2n) is 9.26. The van der Waals surface area contributed by atoms with Gasteiger partial charge in [-0.3, -0.25) is 9.59 Å². The van der Waals surface area contributed by atoms with E-state index in [0.29, 0.717) is 30.8 Å². The van der Waals surface area contributed by atoms with Crippen LogP contribution in [0.3, 0.4) is 0 Å². The van der Waals surface area contributed by atoms with Gasteiger partial charge in [-0.2, -0.15) is 0 Å². The highest BCUT2D eigenvalue weighted by molar-refractivity contribution is 5.97. The van der Waals surface area contributed by atoms with Gasteiger partial charge in [0.2, 0.25) is 5.91 Å². The Hall–Kier alpha value is -3.65. The summed E-state index contributed by atoms with van der Waals surface area (Å²) in [6, 6.07) is 16.1. The predicted molar refractivity (Wildman–Crippen MR) is 132 cm³/mol. The Kier molecular flexibility index (Phi) is 6.55. The lowest BCUT2D eigenvalue weighted by Gasteiger charge is -2.44. The Labute approximate surface area is 205 Å². The number of methoxy groups -OCH3 is 1. The third kappa shape index (κ3) is 4.79. The van der Waals surface area contributed by atoms with Crippen molar-refractivity contribution in [2.24, 2.45) is 0 Å². The molecule has 8 heteroatoms. The molecule has 182 valence electrons. The predicted octanol–water partition coefficient (Wildman–Crippen LogP) is 2.42. The van der Waals surface area contributed by atoms with E-state index in [4.69, 9.17) is 4.74 Å². The van der Waals surface area contributed by atoms with Crippen molar-refractivity contribution in [1.82, 2.24) is 25.5 Å². The molecule has 2 aromatic carbocycles. The number of likely N-dealkylation sites (tertiary alicyclic amines) is 1. The van der Waals surface area contributed by atoms with Gasteiger partial charge in [0.05, 0.1) is 24.7 Å². The molecule has 2 amide bonds. The van der Waals surface area contributed by atoms with Gasteiger partial charge in [-0.05, 0) is 42.7 Å². The smallest absolute Gasteiger partial charge is 0.251 e. The van der Waals surface area contributed by atoms with Gasteiger partial charge in [0, 0.05) is 43.7 Å². The van der Waals surface area contributed by atoms with E-state index in [1.54, 1.807) is 37.7 Å². The van der Waals surface area contributed by atoms with E-state index >= 15 is 0 Å². The zero-order valence-electron chi connectivity index (χ0n) is 19.9. The van der Waals surface area contributed by atoms with E-state index in [0.717, 1.165) is 37.1 Å². The van der Waals surface area contributed by atoms with Crippen LogP contribution >= 0.6 is 0 Å². The van der Waals surface area contributed by atoms with Crippen LogP contribution < -0.4 is 15.4 Å². The normalized spacial score (nSPS) is 17.5. The van der Waals surface area contributed by atoms with Crippen molar-refractivity contribution < 1.29 is 14.3 Å². The van der Waals surface area contributed by atoms with Crippen LogP contribution in [0.1, 0.15) is 40.2 Å². The highest BCUT2D eigenvalue weighted by atomic mass is 16.5. The Morgan fingerprint density at radius 1 is 1.11 bits per heavy atom. The van der Waals surface area contributed by atoms with Crippen molar-refractivity contribution in [3.8, 4) is 5.75 Å². The average Bonchev–Trinajstić information content (AvgIpc) is 3.40. The molecule has 35 heavy (non-hydrogen) atoms. The van der Waals surface area contributed by atoms with Crippen molar-refractivity contribution in [2.75, 3.05) is 26.7 Å². The average molecular weight is 474 g/mol. The number of nitrogens with one attached hydrogen (secondary N) is 3. The van der Waals surface area contributed by atoms with Crippen LogP contribution in [0, 0.1) is 0 Å². The zero-order chi connectivity index (χ0) is 24.3. The fourth-order valence-corrected chi connectivity index (χ4v) is 5.21. The molecule has 0 radical (unpaired) electrons. The maximum atomic E-state index is 13.7. The number of fused-ring (bicyclic) bond motifs is 2. The van der Waals surface area contributed by atoms with E-state index < -0.39 is 6.04 Å². The number of nitrogens with zero attached hydrogens (tertiary/aromatic N) is 2. The lowest BCUT2D eigenvalue weighted by atomic mass is 9.80. The van der Waals surface area contributed by atoms with Crippen LogP contribution in [-0.4, -0.2) is 59.5 Å². The lowest BCUT2D eigenvalue weighted by Crippen LogP contribution is -2.58. The second kappa shape index (κ2) is 9.92. The molecular weight excluding hydrogens is 442 g/mol. The Morgan fingerprint density at radius 2 is 1.86 bits per heavy atom. The number of imidazole rings is 1. The first-order valence-electron chi connectivity index (χ1n) is 12.1. The largest absolute Gasteiger partial charge is 0.497 e. The van der Waals surface area contributed by atoms with E-state index in [1.807, 2.05) is 35.2 Å². The molecule has 0 bridgehead atoms. The Morgan fingerprint density at radius 3 is 2.57 bits per heavy atom. The summed E-state index contributed by atoms with van der Waals surface area (Å²) >= 11 is 0. The molecule has 1 saturated heterocycles. The number of aromatic nitrogens is 2. The van der Waals surface area contributed by atoms with Crippen LogP contribution in [0.25, 0.3) is 0 Å². The van der Waals surface area contributed by atoms with Gasteiger partial charge in [0.25, 0.3) is 5.91 Å². The summed E-state index contributed by atoms with van der Waals surface area (Å²) in [5, 5.41) is 6.66. The number of hydrogen-bond acceptors (Lipinski definition) is 5. The first-order chi connectivity index (χ1) is 17.1. The van der Waals surface area contributed by atoms with Crippen LogP contribution in [0.4, 0.5) is 0 Å². The number of rotatable bonds is 6. The Balaban J connectivity index is 1.31. The van der Waals surface area contributed by atoms with E-state index in [-0.39, 0.29) is 17.4 Å². The topological polar surface area (TPSA) is 99.4 Å². The molecule has 3 aromatic rings. The number of piperidine rings is 1. The third-order valence-electron chi connectivity index (χ3n) is 7.18. The van der Waals surface area contributed by atoms with Crippen molar-refractivity contribution in [3.05, 3.63) is 83.4 Å². The standard InChI is InChI=1S/C27H31N5O3/c1-35-21-9-7-20(8-10-21)25(33)31-23(17-19-5-3-2-4-6-19)26(34)32-15-12-27(13-16-32)24-22(11-14-30-27)28-18-29-24/h2-10,18,23,30H,11-17H2,1H3,(H,28,29)(H,31,33)/t23-/m1/s1. The fourth-order valence-electron chi connectivity index (χ4n) is 5.21. The minimum Gasteiger partial charge on any atom is -0.497 e. The van der Waals surface area contributed by atoms with Crippen LogP contribution in [-0.2, 0) is 23.2 Å². The molecule has 2 aliphatic rings. The maximum absolute atomic E-state index is 13.7. The molecule has 1 aromatic heterocycles. The van der Waals surface area contributed by atoms with Crippen LogP contribution in [0.15, 0.2) is 60.9 Å². The molecular formula is C27H31N5O3. The summed E-state index contributed by atoms with van der Waals surface area (Å²) in [4.78, 5) is 36.5. The summed E-state index contributed by atoms with van der Waals surface area (Å²) in [5.41, 5.74) is 3.59. The highest BCUT2D eigenvalue weighted by Gasteiger charge is 2.42. The monoisotopic (exact) mass is 473 g/mol. The van der Waals surface area contributed by atoms with Crippen LogP contribution in [0.5, 0.6) is 5.75 Å². The van der Waals surface area contributed by atoms with Gasteiger partial charge < -0.3 is 25.3 Å². The summed E-state index contributed by atoms with van der Waals surface area (Å²) < 4.78 is 5.19. The van der Waals surface area contributed by atoms with Gasteiger partial charge in [-0.15, -0.1) is 0 Å². The lowest BCUT2D eigenvalue weighted by molar-refractivity contribution is -0.135. The van der Waals surface area contributed by atoms with Gasteiger partial charge in [-0.1, -0.05) is 30.3 Å². The van der Waals surface area contributed by atoms with E-state index in [9.17, 15) is 9.59 Å².